The molecular formula is C11H18PSe+. The average molecular weight is 260 g/mol. The van der Waals surface area contributed by atoms with Gasteiger partial charge >= 0.3 is 88.1 Å². The van der Waals surface area contributed by atoms with Crippen molar-refractivity contribution in [3.8, 4) is 0 Å². The molecule has 1 unspecified atom stereocenters. The molecule has 1 aromatic rings. The van der Waals surface area contributed by atoms with Gasteiger partial charge in [0.2, 0.25) is 0 Å². The van der Waals surface area contributed by atoms with Gasteiger partial charge in [0.1, 0.15) is 0 Å². The van der Waals surface area contributed by atoms with E-state index in [0.717, 1.165) is 14.5 Å². The molecule has 0 aromatic heterocycles. The number of hydrogen-bond acceptors (Lipinski definition) is 0. The fourth-order valence-electron chi connectivity index (χ4n) is 1.50. The van der Waals surface area contributed by atoms with Gasteiger partial charge in [-0.3, -0.25) is 0 Å². The summed E-state index contributed by atoms with van der Waals surface area (Å²) in [6.45, 7) is 4.80. The molecule has 0 saturated carbocycles. The van der Waals surface area contributed by atoms with Crippen molar-refractivity contribution in [1.82, 2.24) is 0 Å². The Labute approximate surface area is 88.2 Å². The molecule has 0 aliphatic carbocycles. The van der Waals surface area contributed by atoms with E-state index in [1.165, 1.54) is 12.6 Å². The van der Waals surface area contributed by atoms with Crippen LogP contribution in [-0.4, -0.2) is 27.3 Å². The van der Waals surface area contributed by atoms with Gasteiger partial charge in [-0.25, -0.2) is 0 Å². The van der Waals surface area contributed by atoms with Gasteiger partial charge < -0.3 is 0 Å². The zero-order valence-corrected chi connectivity index (χ0v) is 11.3. The second kappa shape index (κ2) is 5.15. The Morgan fingerprint density at radius 3 is 2.31 bits per heavy atom. The first-order chi connectivity index (χ1) is 6.23. The van der Waals surface area contributed by atoms with Crippen LogP contribution in [0.2, 0.25) is 5.82 Å². The molecule has 0 aliphatic heterocycles. The van der Waals surface area contributed by atoms with Crippen molar-refractivity contribution in [2.75, 3.05) is 12.8 Å². The molecule has 0 aliphatic rings. The molecule has 0 amide bonds. The molecule has 0 N–H and O–H groups in total. The molecule has 0 nitrogen and oxygen atoms in total. The Kier molecular flexibility index (Phi) is 4.46. The third-order valence-electron chi connectivity index (χ3n) is 2.36. The normalized spacial score (nSPS) is 15.3. The molecule has 0 saturated heterocycles. The van der Waals surface area contributed by atoms with E-state index in [-0.39, 0.29) is 0 Å². The maximum atomic E-state index is 2.51. The van der Waals surface area contributed by atoms with Gasteiger partial charge in [-0.05, 0) is 0 Å². The fourth-order valence-corrected chi connectivity index (χ4v) is 8.19. The minimum absolute atomic E-state index is 0.740. The van der Waals surface area contributed by atoms with Crippen molar-refractivity contribution < 1.29 is 0 Å². The Morgan fingerprint density at radius 1 is 1.23 bits per heavy atom. The topological polar surface area (TPSA) is 0 Å². The zero-order valence-electron chi connectivity index (χ0n) is 8.66. The second-order valence-electron chi connectivity index (χ2n) is 3.34. The number of benzene rings is 1. The zero-order chi connectivity index (χ0) is 9.73. The third-order valence-corrected chi connectivity index (χ3v) is 13.4. The summed E-state index contributed by atoms with van der Waals surface area (Å²) in [4.78, 5) is 0. The van der Waals surface area contributed by atoms with Crippen LogP contribution in [0.4, 0.5) is 0 Å². The third kappa shape index (κ3) is 2.81. The molecule has 2 heteroatoms. The van der Waals surface area contributed by atoms with Gasteiger partial charge in [0, 0.05) is 0 Å². The van der Waals surface area contributed by atoms with Gasteiger partial charge in [0.15, 0.2) is 0 Å². The Hall–Kier alpha value is 0.169. The average Bonchev–Trinajstić information content (AvgIpc) is 2.19. The van der Waals surface area contributed by atoms with E-state index in [1.807, 2.05) is 0 Å². The summed E-state index contributed by atoms with van der Waals surface area (Å²) in [7, 11) is 0. The Morgan fingerprint density at radius 2 is 1.85 bits per heavy atom. The first-order valence-electron chi connectivity index (χ1n) is 4.70. The van der Waals surface area contributed by atoms with E-state index in [0.29, 0.717) is 0 Å². The van der Waals surface area contributed by atoms with Crippen LogP contribution >= 0.6 is 5.95 Å². The second-order valence-corrected chi connectivity index (χ2v) is 14.2. The summed E-state index contributed by atoms with van der Waals surface area (Å²) in [5.41, 5.74) is 0. The summed E-state index contributed by atoms with van der Waals surface area (Å²) >= 11 is 0.796. The molecule has 0 bridgehead atoms. The van der Waals surface area contributed by atoms with Crippen molar-refractivity contribution in [1.29, 1.82) is 0 Å². The molecular weight excluding hydrogens is 242 g/mol. The molecule has 1 atom stereocenters. The molecule has 0 fully saturated rings. The molecule has 0 radical (unpaired) electrons. The SMILES string of the molecule is CCC[P+](C)([Se]C)c1ccccc1. The van der Waals surface area contributed by atoms with Crippen LogP contribution < -0.4 is 5.30 Å². The van der Waals surface area contributed by atoms with Gasteiger partial charge in [-0.15, -0.1) is 0 Å². The maximum absolute atomic E-state index is 2.51. The molecule has 1 rings (SSSR count). The molecule has 1 aromatic carbocycles. The van der Waals surface area contributed by atoms with Crippen LogP contribution in [0.15, 0.2) is 30.3 Å². The van der Waals surface area contributed by atoms with Gasteiger partial charge in [0.25, 0.3) is 0 Å². The predicted molar refractivity (Wildman–Crippen MR) is 65.7 cm³/mol. The van der Waals surface area contributed by atoms with Crippen molar-refractivity contribution in [3.63, 3.8) is 0 Å². The van der Waals surface area contributed by atoms with Crippen LogP contribution in [0.1, 0.15) is 13.3 Å². The number of rotatable bonds is 4. The van der Waals surface area contributed by atoms with Crippen molar-refractivity contribution in [3.05, 3.63) is 30.3 Å². The fraction of sp³-hybridized carbons (Fsp3) is 0.455. The minimum atomic E-state index is -0.740. The standard InChI is InChI=1S/C11H18PSe/c1-4-10-12(2,13-3)11-8-6-5-7-9-11/h5-9H,4,10H2,1-3H3/q+1. The van der Waals surface area contributed by atoms with E-state index < -0.39 is 5.95 Å². The summed E-state index contributed by atoms with van der Waals surface area (Å²) < 4.78 is 0. The molecule has 0 heterocycles. The van der Waals surface area contributed by atoms with Gasteiger partial charge in [0.05, 0.1) is 0 Å². The van der Waals surface area contributed by atoms with Crippen LogP contribution in [0.3, 0.4) is 0 Å². The summed E-state index contributed by atoms with van der Waals surface area (Å²) in [6.07, 6.45) is 2.75. The van der Waals surface area contributed by atoms with E-state index >= 15 is 0 Å². The van der Waals surface area contributed by atoms with E-state index in [1.54, 1.807) is 5.30 Å². The summed E-state index contributed by atoms with van der Waals surface area (Å²) in [5, 5.41) is 1.62. The molecule has 0 spiro atoms. The van der Waals surface area contributed by atoms with Crippen molar-refractivity contribution in [2.24, 2.45) is 0 Å². The van der Waals surface area contributed by atoms with E-state index in [2.05, 4.69) is 49.7 Å². The van der Waals surface area contributed by atoms with E-state index in [4.69, 9.17) is 0 Å². The van der Waals surface area contributed by atoms with Crippen molar-refractivity contribution >= 4 is 25.8 Å². The Balaban J connectivity index is 2.89. The van der Waals surface area contributed by atoms with Crippen LogP contribution in [0.5, 0.6) is 0 Å². The summed E-state index contributed by atoms with van der Waals surface area (Å²) in [6, 6.07) is 11.1. The van der Waals surface area contributed by atoms with Crippen LogP contribution in [-0.2, 0) is 0 Å². The van der Waals surface area contributed by atoms with Crippen LogP contribution in [0.25, 0.3) is 0 Å². The van der Waals surface area contributed by atoms with Gasteiger partial charge in [-0.1, -0.05) is 0 Å². The van der Waals surface area contributed by atoms with Crippen molar-refractivity contribution in [2.45, 2.75) is 19.2 Å². The first kappa shape index (κ1) is 11.2. The van der Waals surface area contributed by atoms with E-state index in [9.17, 15) is 0 Å². The molecule has 13 heavy (non-hydrogen) atoms. The molecule has 72 valence electrons. The predicted octanol–water partition coefficient (Wildman–Crippen LogP) is 3.04. The Bertz CT molecular complexity index is 248. The quantitative estimate of drug-likeness (QED) is 0.576. The van der Waals surface area contributed by atoms with Crippen LogP contribution in [0, 0.1) is 0 Å². The van der Waals surface area contributed by atoms with Gasteiger partial charge in [-0.2, -0.15) is 0 Å². The first-order valence-corrected chi connectivity index (χ1v) is 11.0. The summed E-state index contributed by atoms with van der Waals surface area (Å²) in [5.74, 6) is 1.65. The monoisotopic (exact) mass is 261 g/mol. The number of hydrogen-bond donors (Lipinski definition) is 0.